The fourth-order valence-corrected chi connectivity index (χ4v) is 3.68. The Morgan fingerprint density at radius 1 is 1.30 bits per heavy atom. The maximum Gasteiger partial charge on any atom is 0.225 e. The summed E-state index contributed by atoms with van der Waals surface area (Å²) in [6.45, 7) is 6.65. The van der Waals surface area contributed by atoms with Crippen LogP contribution in [0.25, 0.3) is 0 Å². The Labute approximate surface area is 157 Å². The van der Waals surface area contributed by atoms with Crippen molar-refractivity contribution in [3.05, 3.63) is 0 Å². The highest BCUT2D eigenvalue weighted by Gasteiger charge is 2.53. The standard InChI is InChI=1S/C17H30N4O.HI/c1-12(2)15(22)21-9-6-14(10-21)20-16(18-3)19-11-17(7-8-17)13-4-5-13;/h12-14H,4-11H2,1-3H3,(H2,18,19,20);1H. The average Bonchev–Trinajstić information content (AvgIpc) is 3.40. The van der Waals surface area contributed by atoms with Gasteiger partial charge < -0.3 is 15.5 Å². The third-order valence-corrected chi connectivity index (χ3v) is 5.50. The van der Waals surface area contributed by atoms with E-state index in [1.165, 1.54) is 25.7 Å². The van der Waals surface area contributed by atoms with Gasteiger partial charge in [0.1, 0.15) is 0 Å². The molecule has 132 valence electrons. The number of amides is 1. The van der Waals surface area contributed by atoms with Gasteiger partial charge in [0.05, 0.1) is 0 Å². The van der Waals surface area contributed by atoms with Gasteiger partial charge in [-0.1, -0.05) is 13.8 Å². The molecule has 0 aromatic carbocycles. The van der Waals surface area contributed by atoms with E-state index in [9.17, 15) is 4.79 Å². The van der Waals surface area contributed by atoms with Crippen molar-refractivity contribution in [2.75, 3.05) is 26.7 Å². The number of carbonyl (C=O) groups is 1. The molecule has 0 spiro atoms. The summed E-state index contributed by atoms with van der Waals surface area (Å²) in [6, 6.07) is 0.324. The Morgan fingerprint density at radius 2 is 2.00 bits per heavy atom. The van der Waals surface area contributed by atoms with Crippen LogP contribution in [0.1, 0.15) is 46.0 Å². The van der Waals surface area contributed by atoms with E-state index in [0.717, 1.165) is 37.9 Å². The van der Waals surface area contributed by atoms with Gasteiger partial charge in [0.25, 0.3) is 0 Å². The van der Waals surface area contributed by atoms with E-state index in [-0.39, 0.29) is 35.8 Å². The quantitative estimate of drug-likeness (QED) is 0.397. The Bertz CT molecular complexity index is 458. The molecule has 1 amide bonds. The van der Waals surface area contributed by atoms with Crippen molar-refractivity contribution >= 4 is 35.8 Å². The van der Waals surface area contributed by atoms with Gasteiger partial charge in [-0.05, 0) is 43.4 Å². The van der Waals surface area contributed by atoms with Crippen molar-refractivity contribution in [2.24, 2.45) is 22.2 Å². The van der Waals surface area contributed by atoms with Gasteiger partial charge in [-0.3, -0.25) is 9.79 Å². The SMILES string of the molecule is CN=C(NCC1(C2CC2)CC1)NC1CCN(C(=O)C(C)C)C1.I. The summed E-state index contributed by atoms with van der Waals surface area (Å²) in [6.07, 6.45) is 6.60. The number of rotatable bonds is 5. The first-order valence-electron chi connectivity index (χ1n) is 8.80. The lowest BCUT2D eigenvalue weighted by Crippen LogP contribution is -2.46. The smallest absolute Gasteiger partial charge is 0.225 e. The Hall–Kier alpha value is -0.530. The second kappa shape index (κ2) is 7.57. The van der Waals surface area contributed by atoms with E-state index in [1.807, 2.05) is 25.8 Å². The number of guanidine groups is 1. The second-order valence-electron chi connectivity index (χ2n) is 7.63. The minimum atomic E-state index is 0. The van der Waals surface area contributed by atoms with Crippen LogP contribution in [0.15, 0.2) is 4.99 Å². The third-order valence-electron chi connectivity index (χ3n) is 5.50. The first-order valence-corrected chi connectivity index (χ1v) is 8.80. The van der Waals surface area contributed by atoms with Gasteiger partial charge in [0, 0.05) is 38.6 Å². The molecule has 23 heavy (non-hydrogen) atoms. The second-order valence-corrected chi connectivity index (χ2v) is 7.63. The summed E-state index contributed by atoms with van der Waals surface area (Å²) < 4.78 is 0. The van der Waals surface area contributed by atoms with E-state index >= 15 is 0 Å². The molecule has 2 N–H and O–H groups in total. The molecular weight excluding hydrogens is 403 g/mol. The lowest BCUT2D eigenvalue weighted by Gasteiger charge is -2.22. The van der Waals surface area contributed by atoms with Crippen LogP contribution < -0.4 is 10.6 Å². The molecule has 0 aromatic rings. The highest BCUT2D eigenvalue weighted by atomic mass is 127. The molecule has 1 heterocycles. The Kier molecular flexibility index (Phi) is 6.19. The number of likely N-dealkylation sites (tertiary alicyclic amines) is 1. The molecule has 1 atom stereocenters. The summed E-state index contributed by atoms with van der Waals surface area (Å²) in [5, 5.41) is 7.02. The van der Waals surface area contributed by atoms with Crippen molar-refractivity contribution in [3.63, 3.8) is 0 Å². The fourth-order valence-electron chi connectivity index (χ4n) is 3.68. The lowest BCUT2D eigenvalue weighted by molar-refractivity contribution is -0.133. The average molecular weight is 434 g/mol. The fraction of sp³-hybridized carbons (Fsp3) is 0.882. The number of nitrogens with zero attached hydrogens (tertiary/aromatic N) is 2. The minimum Gasteiger partial charge on any atom is -0.356 e. The Balaban J connectivity index is 0.00000192. The van der Waals surface area contributed by atoms with Crippen LogP contribution in [-0.2, 0) is 4.79 Å². The Morgan fingerprint density at radius 3 is 2.52 bits per heavy atom. The molecule has 1 saturated heterocycles. The van der Waals surface area contributed by atoms with E-state index in [0.29, 0.717) is 11.5 Å². The van der Waals surface area contributed by atoms with Crippen LogP contribution in [0.4, 0.5) is 0 Å². The summed E-state index contributed by atoms with van der Waals surface area (Å²) in [7, 11) is 1.83. The highest BCUT2D eigenvalue weighted by Crippen LogP contribution is 2.60. The van der Waals surface area contributed by atoms with Crippen LogP contribution in [0, 0.1) is 17.3 Å². The molecule has 1 unspecified atom stereocenters. The van der Waals surface area contributed by atoms with Crippen molar-refractivity contribution in [3.8, 4) is 0 Å². The zero-order chi connectivity index (χ0) is 15.7. The molecule has 0 bridgehead atoms. The summed E-state index contributed by atoms with van der Waals surface area (Å²) in [5.41, 5.74) is 0.576. The van der Waals surface area contributed by atoms with Crippen molar-refractivity contribution in [1.29, 1.82) is 0 Å². The molecular formula is C17H31IN4O. The third kappa shape index (κ3) is 4.51. The minimum absolute atomic E-state index is 0. The summed E-state index contributed by atoms with van der Waals surface area (Å²) >= 11 is 0. The molecule has 3 aliphatic rings. The topological polar surface area (TPSA) is 56.7 Å². The van der Waals surface area contributed by atoms with Crippen LogP contribution in [0.3, 0.4) is 0 Å². The van der Waals surface area contributed by atoms with Gasteiger partial charge in [-0.15, -0.1) is 24.0 Å². The molecule has 2 saturated carbocycles. The van der Waals surface area contributed by atoms with Crippen molar-refractivity contribution in [1.82, 2.24) is 15.5 Å². The highest BCUT2D eigenvalue weighted by molar-refractivity contribution is 14.0. The first-order chi connectivity index (χ1) is 10.5. The zero-order valence-electron chi connectivity index (χ0n) is 14.6. The lowest BCUT2D eigenvalue weighted by atomic mass is 10.0. The van der Waals surface area contributed by atoms with Gasteiger partial charge in [-0.2, -0.15) is 0 Å². The maximum absolute atomic E-state index is 12.0. The van der Waals surface area contributed by atoms with Crippen LogP contribution >= 0.6 is 24.0 Å². The summed E-state index contributed by atoms with van der Waals surface area (Å²) in [5.74, 6) is 2.21. The number of carbonyl (C=O) groups excluding carboxylic acids is 1. The normalized spacial score (nSPS) is 26.0. The van der Waals surface area contributed by atoms with Crippen molar-refractivity contribution in [2.45, 2.75) is 52.0 Å². The molecule has 6 heteroatoms. The number of aliphatic imine (C=N–C) groups is 1. The van der Waals surface area contributed by atoms with E-state index in [4.69, 9.17) is 0 Å². The van der Waals surface area contributed by atoms with E-state index in [1.54, 1.807) is 0 Å². The van der Waals surface area contributed by atoms with Gasteiger partial charge in [-0.25, -0.2) is 0 Å². The zero-order valence-corrected chi connectivity index (χ0v) is 16.9. The number of hydrogen-bond donors (Lipinski definition) is 2. The predicted octanol–water partition coefficient (Wildman–Crippen LogP) is 2.22. The van der Waals surface area contributed by atoms with Crippen LogP contribution in [0.2, 0.25) is 0 Å². The van der Waals surface area contributed by atoms with Crippen LogP contribution in [-0.4, -0.2) is 49.5 Å². The predicted molar refractivity (Wildman–Crippen MR) is 104 cm³/mol. The largest absolute Gasteiger partial charge is 0.356 e. The van der Waals surface area contributed by atoms with E-state index < -0.39 is 0 Å². The monoisotopic (exact) mass is 434 g/mol. The number of hydrogen-bond acceptors (Lipinski definition) is 2. The van der Waals surface area contributed by atoms with E-state index in [2.05, 4.69) is 15.6 Å². The molecule has 0 radical (unpaired) electrons. The van der Waals surface area contributed by atoms with Gasteiger partial charge in [0.15, 0.2) is 5.96 Å². The first kappa shape index (κ1) is 18.8. The number of halogens is 1. The number of nitrogens with one attached hydrogen (secondary N) is 2. The molecule has 3 rings (SSSR count). The maximum atomic E-state index is 12.0. The van der Waals surface area contributed by atoms with Gasteiger partial charge >= 0.3 is 0 Å². The molecule has 3 fully saturated rings. The van der Waals surface area contributed by atoms with Crippen molar-refractivity contribution < 1.29 is 4.79 Å². The molecule has 2 aliphatic carbocycles. The molecule has 0 aromatic heterocycles. The van der Waals surface area contributed by atoms with Crippen LogP contribution in [0.5, 0.6) is 0 Å². The molecule has 5 nitrogen and oxygen atoms in total. The van der Waals surface area contributed by atoms with Gasteiger partial charge in [0.2, 0.25) is 5.91 Å². The summed E-state index contributed by atoms with van der Waals surface area (Å²) in [4.78, 5) is 18.4. The molecule has 1 aliphatic heterocycles.